The summed E-state index contributed by atoms with van der Waals surface area (Å²) in [6, 6.07) is 0. The molecule has 0 spiro atoms. The van der Waals surface area contributed by atoms with E-state index in [4.69, 9.17) is 27.9 Å². The zero-order chi connectivity index (χ0) is 12.8. The van der Waals surface area contributed by atoms with Crippen LogP contribution in [0.4, 0.5) is 5.82 Å². The van der Waals surface area contributed by atoms with Gasteiger partial charge in [0.25, 0.3) is 0 Å². The zero-order valence-corrected chi connectivity index (χ0v) is 11.8. The molecule has 1 aromatic heterocycles. The van der Waals surface area contributed by atoms with Gasteiger partial charge in [-0.2, -0.15) is 4.98 Å². The van der Waals surface area contributed by atoms with Crippen LogP contribution in [0.3, 0.4) is 0 Å². The molecular weight excluding hydrogens is 261 g/mol. The summed E-state index contributed by atoms with van der Waals surface area (Å²) in [5.74, 6) is 1.16. The molecule has 0 amide bonds. The van der Waals surface area contributed by atoms with Crippen LogP contribution in [0.5, 0.6) is 0 Å². The van der Waals surface area contributed by atoms with Crippen LogP contribution < -0.4 is 4.90 Å². The second-order valence-corrected chi connectivity index (χ2v) is 4.89. The molecule has 0 aliphatic rings. The van der Waals surface area contributed by atoms with Gasteiger partial charge in [-0.3, -0.25) is 0 Å². The molecule has 0 aliphatic heterocycles. The fourth-order valence-electron chi connectivity index (χ4n) is 1.49. The van der Waals surface area contributed by atoms with Gasteiger partial charge in [0.05, 0.1) is 12.8 Å². The van der Waals surface area contributed by atoms with Crippen LogP contribution >= 0.6 is 23.2 Å². The first-order chi connectivity index (χ1) is 8.04. The molecule has 0 radical (unpaired) electrons. The van der Waals surface area contributed by atoms with Crippen molar-refractivity contribution in [3.8, 4) is 0 Å². The van der Waals surface area contributed by atoms with Gasteiger partial charge in [0, 0.05) is 20.2 Å². The highest BCUT2D eigenvalue weighted by Gasteiger charge is 2.14. The lowest BCUT2D eigenvalue weighted by Crippen LogP contribution is -2.32. The second-order valence-electron chi connectivity index (χ2n) is 4.14. The molecule has 0 fully saturated rings. The van der Waals surface area contributed by atoms with Crippen molar-refractivity contribution in [2.45, 2.75) is 13.8 Å². The van der Waals surface area contributed by atoms with Gasteiger partial charge in [0.1, 0.15) is 5.02 Å². The molecule has 96 valence electrons. The van der Waals surface area contributed by atoms with E-state index in [1.807, 2.05) is 0 Å². The average molecular weight is 278 g/mol. The lowest BCUT2D eigenvalue weighted by atomic mass is 10.2. The Balaban J connectivity index is 2.90. The molecular formula is C11H17Cl2N3O. The van der Waals surface area contributed by atoms with Gasteiger partial charge < -0.3 is 9.64 Å². The summed E-state index contributed by atoms with van der Waals surface area (Å²) < 4.78 is 5.08. The molecule has 4 nitrogen and oxygen atoms in total. The second kappa shape index (κ2) is 6.99. The molecule has 0 unspecified atom stereocenters. The molecule has 1 heterocycles. The van der Waals surface area contributed by atoms with E-state index < -0.39 is 0 Å². The Morgan fingerprint density at radius 1 is 1.41 bits per heavy atom. The summed E-state index contributed by atoms with van der Waals surface area (Å²) in [4.78, 5) is 10.1. The van der Waals surface area contributed by atoms with Crippen molar-refractivity contribution in [3.05, 3.63) is 16.5 Å². The number of ether oxygens (including phenoxy) is 1. The van der Waals surface area contributed by atoms with Gasteiger partial charge in [-0.1, -0.05) is 25.4 Å². The highest BCUT2D eigenvalue weighted by molar-refractivity contribution is 6.33. The number of halogens is 2. The Bertz CT molecular complexity index is 361. The molecule has 0 atom stereocenters. The first-order valence-corrected chi connectivity index (χ1v) is 6.22. The molecule has 17 heavy (non-hydrogen) atoms. The summed E-state index contributed by atoms with van der Waals surface area (Å²) in [5.41, 5.74) is 0. The van der Waals surface area contributed by atoms with Gasteiger partial charge in [-0.25, -0.2) is 4.98 Å². The largest absolute Gasteiger partial charge is 0.383 e. The van der Waals surface area contributed by atoms with Gasteiger partial charge in [0.2, 0.25) is 5.28 Å². The number of rotatable bonds is 6. The molecule has 1 aromatic rings. The number of methoxy groups -OCH3 is 1. The summed E-state index contributed by atoms with van der Waals surface area (Å²) in [6.07, 6.45) is 1.52. The van der Waals surface area contributed by atoms with Gasteiger partial charge in [-0.15, -0.1) is 0 Å². The number of hydrogen-bond donors (Lipinski definition) is 0. The number of anilines is 1. The van der Waals surface area contributed by atoms with E-state index in [1.165, 1.54) is 6.20 Å². The van der Waals surface area contributed by atoms with Crippen molar-refractivity contribution in [2.75, 3.05) is 31.7 Å². The van der Waals surface area contributed by atoms with Crippen LogP contribution in [0.1, 0.15) is 13.8 Å². The Hall–Kier alpha value is -0.580. The van der Waals surface area contributed by atoms with E-state index in [2.05, 4.69) is 28.7 Å². The third-order valence-corrected chi connectivity index (χ3v) is 2.60. The van der Waals surface area contributed by atoms with E-state index in [-0.39, 0.29) is 5.28 Å². The first-order valence-electron chi connectivity index (χ1n) is 5.46. The molecule has 0 N–H and O–H groups in total. The predicted molar refractivity (Wildman–Crippen MR) is 71.0 cm³/mol. The lowest BCUT2D eigenvalue weighted by Gasteiger charge is -2.25. The minimum Gasteiger partial charge on any atom is -0.383 e. The lowest BCUT2D eigenvalue weighted by molar-refractivity contribution is 0.204. The predicted octanol–water partition coefficient (Wildman–Crippen LogP) is 2.89. The van der Waals surface area contributed by atoms with Crippen LogP contribution in [0.25, 0.3) is 0 Å². The average Bonchev–Trinajstić information content (AvgIpc) is 2.27. The van der Waals surface area contributed by atoms with Crippen LogP contribution in [0.15, 0.2) is 6.20 Å². The molecule has 0 saturated carbocycles. The van der Waals surface area contributed by atoms with Gasteiger partial charge >= 0.3 is 0 Å². The summed E-state index contributed by atoms with van der Waals surface area (Å²) in [7, 11) is 1.67. The number of nitrogens with zero attached hydrogens (tertiary/aromatic N) is 3. The van der Waals surface area contributed by atoms with E-state index in [0.717, 1.165) is 13.1 Å². The van der Waals surface area contributed by atoms with Crippen molar-refractivity contribution in [1.82, 2.24) is 9.97 Å². The molecule has 0 aliphatic carbocycles. The third kappa shape index (κ3) is 4.66. The minimum absolute atomic E-state index is 0.204. The smallest absolute Gasteiger partial charge is 0.224 e. The van der Waals surface area contributed by atoms with Crippen molar-refractivity contribution < 1.29 is 4.74 Å². The zero-order valence-electron chi connectivity index (χ0n) is 10.3. The molecule has 0 bridgehead atoms. The topological polar surface area (TPSA) is 38.2 Å². The molecule has 1 rings (SSSR count). The number of aromatic nitrogens is 2. The van der Waals surface area contributed by atoms with Crippen LogP contribution in [0, 0.1) is 5.92 Å². The highest BCUT2D eigenvalue weighted by Crippen LogP contribution is 2.24. The first kappa shape index (κ1) is 14.5. The third-order valence-electron chi connectivity index (χ3n) is 2.15. The van der Waals surface area contributed by atoms with Gasteiger partial charge in [0.15, 0.2) is 5.82 Å². The van der Waals surface area contributed by atoms with Crippen molar-refractivity contribution in [2.24, 2.45) is 5.92 Å². The molecule has 6 heteroatoms. The Kier molecular flexibility index (Phi) is 5.95. The van der Waals surface area contributed by atoms with Crippen LogP contribution in [-0.2, 0) is 4.74 Å². The van der Waals surface area contributed by atoms with Gasteiger partial charge in [-0.05, 0) is 17.5 Å². The van der Waals surface area contributed by atoms with Crippen molar-refractivity contribution >= 4 is 29.0 Å². The highest BCUT2D eigenvalue weighted by atomic mass is 35.5. The van der Waals surface area contributed by atoms with E-state index >= 15 is 0 Å². The Labute approximate surface area is 112 Å². The van der Waals surface area contributed by atoms with E-state index in [0.29, 0.717) is 23.4 Å². The SMILES string of the molecule is COCCN(CC(C)C)c1nc(Cl)ncc1Cl. The fraction of sp³-hybridized carbons (Fsp3) is 0.636. The maximum atomic E-state index is 6.09. The van der Waals surface area contributed by atoms with Crippen LogP contribution in [-0.4, -0.2) is 36.8 Å². The quantitative estimate of drug-likeness (QED) is 0.750. The molecule has 0 saturated heterocycles. The standard InChI is InChI=1S/C11H17Cl2N3O/c1-8(2)7-16(4-5-17-3)10-9(12)6-14-11(13)15-10/h6,8H,4-5,7H2,1-3H3. The molecule has 0 aromatic carbocycles. The minimum atomic E-state index is 0.204. The van der Waals surface area contributed by atoms with Crippen molar-refractivity contribution in [3.63, 3.8) is 0 Å². The maximum absolute atomic E-state index is 6.09. The maximum Gasteiger partial charge on any atom is 0.224 e. The van der Waals surface area contributed by atoms with Crippen LogP contribution in [0.2, 0.25) is 10.3 Å². The fourth-order valence-corrected chi connectivity index (χ4v) is 1.82. The van der Waals surface area contributed by atoms with E-state index in [9.17, 15) is 0 Å². The Morgan fingerprint density at radius 3 is 2.71 bits per heavy atom. The summed E-state index contributed by atoms with van der Waals surface area (Å²) >= 11 is 11.9. The number of hydrogen-bond acceptors (Lipinski definition) is 4. The van der Waals surface area contributed by atoms with E-state index in [1.54, 1.807) is 7.11 Å². The summed E-state index contributed by atoms with van der Waals surface area (Å²) in [6.45, 7) is 6.45. The van der Waals surface area contributed by atoms with Crippen molar-refractivity contribution in [1.29, 1.82) is 0 Å². The Morgan fingerprint density at radius 2 is 2.12 bits per heavy atom. The summed E-state index contributed by atoms with van der Waals surface area (Å²) in [5, 5.41) is 0.710. The monoisotopic (exact) mass is 277 g/mol. The normalized spacial score (nSPS) is 10.9.